The van der Waals surface area contributed by atoms with Gasteiger partial charge in [-0.15, -0.1) is 0 Å². The molecule has 2 saturated heterocycles. The van der Waals surface area contributed by atoms with E-state index in [-0.39, 0.29) is 0 Å². The van der Waals surface area contributed by atoms with Gasteiger partial charge in [0.2, 0.25) is 0 Å². The van der Waals surface area contributed by atoms with Crippen molar-refractivity contribution in [3.05, 3.63) is 23.7 Å². The number of fused-ring (bicyclic) bond motifs is 3. The highest BCUT2D eigenvalue weighted by Gasteiger charge is 2.33. The Labute approximate surface area is 113 Å². The molecule has 2 atom stereocenters. The van der Waals surface area contributed by atoms with Gasteiger partial charge >= 0.3 is 0 Å². The Kier molecular flexibility index (Phi) is 2.58. The van der Waals surface area contributed by atoms with Gasteiger partial charge in [-0.3, -0.25) is 0 Å². The van der Waals surface area contributed by atoms with Crippen molar-refractivity contribution in [1.82, 2.24) is 20.3 Å². The number of H-pyrrole nitrogens is 1. The molecule has 2 unspecified atom stereocenters. The molecule has 2 N–H and O–H groups in total. The van der Waals surface area contributed by atoms with Crippen LogP contribution in [0.15, 0.2) is 12.1 Å². The number of aromatic nitrogens is 3. The zero-order valence-corrected chi connectivity index (χ0v) is 11.3. The minimum absolute atomic E-state index is 0.758. The van der Waals surface area contributed by atoms with Crippen molar-refractivity contribution in [1.29, 1.82) is 0 Å². The van der Waals surface area contributed by atoms with E-state index in [0.29, 0.717) is 0 Å². The minimum Gasteiger partial charge on any atom is -0.341 e. The first-order valence-electron chi connectivity index (χ1n) is 7.34. The Balaban J connectivity index is 1.54. The lowest BCUT2D eigenvalue weighted by Crippen LogP contribution is -2.38. The molecule has 19 heavy (non-hydrogen) atoms. The van der Waals surface area contributed by atoms with E-state index in [1.165, 1.54) is 25.7 Å². The number of piperidine rings is 1. The molecule has 2 fully saturated rings. The molecule has 0 saturated carbocycles. The molecule has 0 aromatic carbocycles. The van der Waals surface area contributed by atoms with Crippen molar-refractivity contribution in [3.8, 4) is 0 Å². The maximum atomic E-state index is 4.65. The summed E-state index contributed by atoms with van der Waals surface area (Å²) < 4.78 is 0. The molecule has 0 spiro atoms. The van der Waals surface area contributed by atoms with Gasteiger partial charge in [0.15, 0.2) is 5.65 Å². The first kappa shape index (κ1) is 11.4. The first-order valence-corrected chi connectivity index (χ1v) is 7.34. The van der Waals surface area contributed by atoms with Crippen molar-refractivity contribution in [2.75, 3.05) is 0 Å². The molecule has 4 heteroatoms. The van der Waals surface area contributed by atoms with Crippen LogP contribution in [0.5, 0.6) is 0 Å². The van der Waals surface area contributed by atoms with Gasteiger partial charge in [0, 0.05) is 24.2 Å². The zero-order valence-electron chi connectivity index (χ0n) is 11.3. The Hall–Kier alpha value is -1.42. The van der Waals surface area contributed by atoms with E-state index in [1.807, 2.05) is 13.0 Å². The number of aromatic amines is 1. The topological polar surface area (TPSA) is 53.6 Å². The van der Waals surface area contributed by atoms with Gasteiger partial charge in [-0.2, -0.15) is 0 Å². The second-order valence-electron chi connectivity index (χ2n) is 6.19. The molecule has 0 amide bonds. The van der Waals surface area contributed by atoms with Crippen LogP contribution in [0.1, 0.15) is 37.2 Å². The van der Waals surface area contributed by atoms with Gasteiger partial charge < -0.3 is 10.3 Å². The van der Waals surface area contributed by atoms with Crippen molar-refractivity contribution in [2.24, 2.45) is 5.92 Å². The van der Waals surface area contributed by atoms with E-state index in [0.717, 1.165) is 47.1 Å². The average molecular weight is 256 g/mol. The van der Waals surface area contributed by atoms with E-state index in [4.69, 9.17) is 0 Å². The fraction of sp³-hybridized carbons (Fsp3) is 0.600. The van der Waals surface area contributed by atoms with Gasteiger partial charge in [-0.05, 0) is 50.7 Å². The van der Waals surface area contributed by atoms with Crippen molar-refractivity contribution in [2.45, 2.75) is 51.1 Å². The van der Waals surface area contributed by atoms with Crippen molar-refractivity contribution >= 4 is 11.2 Å². The maximum Gasteiger partial charge on any atom is 0.177 e. The second kappa shape index (κ2) is 4.30. The lowest BCUT2D eigenvalue weighted by Gasteiger charge is -2.28. The lowest BCUT2D eigenvalue weighted by molar-refractivity contribution is 0.295. The van der Waals surface area contributed by atoms with Crippen LogP contribution in [0, 0.1) is 12.8 Å². The molecular formula is C15H20N4. The molecule has 0 aliphatic carbocycles. The molecule has 4 nitrogen and oxygen atoms in total. The second-order valence-corrected chi connectivity index (χ2v) is 6.19. The predicted molar refractivity (Wildman–Crippen MR) is 75.0 cm³/mol. The van der Waals surface area contributed by atoms with E-state index in [1.54, 1.807) is 0 Å². The lowest BCUT2D eigenvalue weighted by atomic mass is 9.89. The molecule has 4 heterocycles. The molecule has 2 aromatic heterocycles. The number of nitrogens with zero attached hydrogens (tertiary/aromatic N) is 2. The maximum absolute atomic E-state index is 4.65. The Morgan fingerprint density at radius 3 is 2.74 bits per heavy atom. The highest BCUT2D eigenvalue weighted by Crippen LogP contribution is 2.32. The fourth-order valence-corrected chi connectivity index (χ4v) is 3.75. The average Bonchev–Trinajstić information content (AvgIpc) is 2.92. The molecule has 100 valence electrons. The Morgan fingerprint density at radius 2 is 1.95 bits per heavy atom. The van der Waals surface area contributed by atoms with E-state index < -0.39 is 0 Å². The van der Waals surface area contributed by atoms with Crippen molar-refractivity contribution < 1.29 is 0 Å². The SMILES string of the molecule is Cc1ccc2[nH]c(CC3CC4CCC(C3)N4)nc2n1. The summed E-state index contributed by atoms with van der Waals surface area (Å²) >= 11 is 0. The van der Waals surface area contributed by atoms with Crippen LogP contribution >= 0.6 is 0 Å². The normalized spacial score (nSPS) is 30.1. The molecule has 2 aliphatic rings. The third-order valence-electron chi connectivity index (χ3n) is 4.59. The van der Waals surface area contributed by atoms with Gasteiger partial charge in [-0.25, -0.2) is 9.97 Å². The Bertz CT molecular complexity index is 591. The van der Waals surface area contributed by atoms with Crippen LogP contribution < -0.4 is 5.32 Å². The molecule has 2 aliphatic heterocycles. The fourth-order valence-electron chi connectivity index (χ4n) is 3.75. The van der Waals surface area contributed by atoms with E-state index in [9.17, 15) is 0 Å². The van der Waals surface area contributed by atoms with Crippen LogP contribution in [-0.2, 0) is 6.42 Å². The first-order chi connectivity index (χ1) is 9.26. The van der Waals surface area contributed by atoms with E-state index >= 15 is 0 Å². The third kappa shape index (κ3) is 2.14. The number of rotatable bonds is 2. The molecule has 0 radical (unpaired) electrons. The number of hydrogen-bond donors (Lipinski definition) is 2. The van der Waals surface area contributed by atoms with Crippen LogP contribution in [0.3, 0.4) is 0 Å². The number of hydrogen-bond acceptors (Lipinski definition) is 3. The van der Waals surface area contributed by atoms with E-state index in [2.05, 4.69) is 26.3 Å². The summed E-state index contributed by atoms with van der Waals surface area (Å²) in [5.74, 6) is 1.89. The number of imidazole rings is 1. The summed E-state index contributed by atoms with van der Waals surface area (Å²) in [5.41, 5.74) is 2.97. The summed E-state index contributed by atoms with van der Waals surface area (Å²) in [6.45, 7) is 2.01. The minimum atomic E-state index is 0.758. The monoisotopic (exact) mass is 256 g/mol. The standard InChI is InChI=1S/C15H20N4/c1-9-2-5-13-15(16-9)19-14(18-13)8-10-6-11-3-4-12(7-10)17-11/h2,5,10-12,17H,3-4,6-8H2,1H3,(H,16,18,19). The molecule has 4 rings (SSSR count). The van der Waals surface area contributed by atoms with Crippen LogP contribution in [0.4, 0.5) is 0 Å². The van der Waals surface area contributed by atoms with Gasteiger partial charge in [-0.1, -0.05) is 0 Å². The van der Waals surface area contributed by atoms with Gasteiger partial charge in [0.05, 0.1) is 5.52 Å². The molecular weight excluding hydrogens is 236 g/mol. The Morgan fingerprint density at radius 1 is 1.16 bits per heavy atom. The summed E-state index contributed by atoms with van der Waals surface area (Å²) in [7, 11) is 0. The predicted octanol–water partition coefficient (Wildman–Crippen LogP) is 2.34. The highest BCUT2D eigenvalue weighted by atomic mass is 15.0. The van der Waals surface area contributed by atoms with Crippen LogP contribution in [-0.4, -0.2) is 27.0 Å². The van der Waals surface area contributed by atoms with Crippen LogP contribution in [0.25, 0.3) is 11.2 Å². The summed E-state index contributed by atoms with van der Waals surface area (Å²) in [6.07, 6.45) is 6.41. The number of aryl methyl sites for hydroxylation is 1. The van der Waals surface area contributed by atoms with Gasteiger partial charge in [0.25, 0.3) is 0 Å². The number of pyridine rings is 1. The van der Waals surface area contributed by atoms with Crippen LogP contribution in [0.2, 0.25) is 0 Å². The summed E-state index contributed by atoms with van der Waals surface area (Å²) in [6, 6.07) is 5.64. The summed E-state index contributed by atoms with van der Waals surface area (Å²) in [5, 5.41) is 3.70. The molecule has 2 bridgehead atoms. The van der Waals surface area contributed by atoms with Gasteiger partial charge in [0.1, 0.15) is 5.82 Å². The zero-order chi connectivity index (χ0) is 12.8. The largest absolute Gasteiger partial charge is 0.341 e. The summed E-state index contributed by atoms with van der Waals surface area (Å²) in [4.78, 5) is 12.6. The quantitative estimate of drug-likeness (QED) is 0.867. The molecule has 2 aromatic rings. The number of nitrogens with one attached hydrogen (secondary N) is 2. The smallest absolute Gasteiger partial charge is 0.177 e. The van der Waals surface area contributed by atoms with Crippen molar-refractivity contribution in [3.63, 3.8) is 0 Å². The highest BCUT2D eigenvalue weighted by molar-refractivity contribution is 5.70. The third-order valence-corrected chi connectivity index (χ3v) is 4.59.